The Bertz CT molecular complexity index is 513. The summed E-state index contributed by atoms with van der Waals surface area (Å²) in [5, 5.41) is 2.61. The molecule has 0 saturated heterocycles. The van der Waals surface area contributed by atoms with E-state index in [-0.39, 0.29) is 21.1 Å². The summed E-state index contributed by atoms with van der Waals surface area (Å²) < 4.78 is 25.7. The number of sulfonamides is 1. The number of amides is 1. The lowest BCUT2D eigenvalue weighted by atomic mass is 10.2. The maximum Gasteiger partial charge on any atom is 0.252 e. The van der Waals surface area contributed by atoms with Crippen molar-refractivity contribution in [3.63, 3.8) is 0 Å². The van der Waals surface area contributed by atoms with Crippen molar-refractivity contribution in [3.05, 3.63) is 10.7 Å². The van der Waals surface area contributed by atoms with Crippen LogP contribution in [0.4, 0.5) is 0 Å². The Morgan fingerprint density at radius 3 is 2.72 bits per heavy atom. The lowest BCUT2D eigenvalue weighted by molar-refractivity contribution is -0.120. The average molecular weight is 312 g/mol. The highest BCUT2D eigenvalue weighted by Crippen LogP contribution is 2.21. The van der Waals surface area contributed by atoms with Crippen LogP contribution in [0, 0.1) is 5.92 Å². The number of halogens is 1. The predicted molar refractivity (Wildman–Crippen MR) is 70.2 cm³/mol. The molecule has 0 saturated carbocycles. The largest absolute Gasteiger partial charge is 0.355 e. The topological polar surface area (TPSA) is 88.2 Å². The first-order valence-corrected chi connectivity index (χ1v) is 7.86. The highest BCUT2D eigenvalue weighted by atomic mass is 35.5. The smallest absolute Gasteiger partial charge is 0.252 e. The van der Waals surface area contributed by atoms with Crippen molar-refractivity contribution >= 4 is 38.9 Å². The number of rotatable bonds is 6. The van der Waals surface area contributed by atoms with Crippen molar-refractivity contribution in [1.29, 1.82) is 0 Å². The van der Waals surface area contributed by atoms with Gasteiger partial charge in [-0.3, -0.25) is 4.79 Å². The average Bonchev–Trinajstić information content (AvgIpc) is 2.71. The van der Waals surface area contributed by atoms with Crippen LogP contribution in [0.25, 0.3) is 0 Å². The van der Waals surface area contributed by atoms with Crippen LogP contribution < -0.4 is 10.0 Å². The van der Waals surface area contributed by atoms with Crippen LogP contribution in [0.1, 0.15) is 13.8 Å². The summed E-state index contributed by atoms with van der Waals surface area (Å²) in [4.78, 5) is 15.0. The molecule has 0 aliphatic heterocycles. The summed E-state index contributed by atoms with van der Waals surface area (Å²) in [5.74, 6) is -0.0613. The van der Waals surface area contributed by atoms with Crippen LogP contribution >= 0.6 is 22.9 Å². The molecule has 0 radical (unpaired) electrons. The molecule has 1 rings (SSSR count). The SMILES string of the molecule is CC(C)CNC(=O)CNS(=O)(=O)c1cnc(Cl)s1. The number of thiazole rings is 1. The Morgan fingerprint density at radius 2 is 2.22 bits per heavy atom. The molecule has 18 heavy (non-hydrogen) atoms. The highest BCUT2D eigenvalue weighted by Gasteiger charge is 2.18. The van der Waals surface area contributed by atoms with Crippen LogP contribution in [0.15, 0.2) is 10.4 Å². The fourth-order valence-electron chi connectivity index (χ4n) is 0.976. The summed E-state index contributed by atoms with van der Waals surface area (Å²) in [6.45, 7) is 4.10. The zero-order chi connectivity index (χ0) is 13.8. The van der Waals surface area contributed by atoms with E-state index in [4.69, 9.17) is 11.6 Å². The number of aromatic nitrogens is 1. The van der Waals surface area contributed by atoms with E-state index in [1.807, 2.05) is 13.8 Å². The van der Waals surface area contributed by atoms with Gasteiger partial charge in [0.25, 0.3) is 10.0 Å². The van der Waals surface area contributed by atoms with E-state index < -0.39 is 10.0 Å². The molecule has 0 aromatic carbocycles. The Morgan fingerprint density at radius 1 is 1.56 bits per heavy atom. The first-order chi connectivity index (χ1) is 8.31. The first-order valence-electron chi connectivity index (χ1n) is 5.19. The monoisotopic (exact) mass is 311 g/mol. The molecule has 1 aromatic heterocycles. The highest BCUT2D eigenvalue weighted by molar-refractivity contribution is 7.91. The van der Waals surface area contributed by atoms with Gasteiger partial charge < -0.3 is 5.32 Å². The Labute approximate surface area is 115 Å². The molecule has 6 nitrogen and oxygen atoms in total. The van der Waals surface area contributed by atoms with Gasteiger partial charge in [0.05, 0.1) is 12.7 Å². The van der Waals surface area contributed by atoms with Crippen molar-refractivity contribution in [2.75, 3.05) is 13.1 Å². The lowest BCUT2D eigenvalue weighted by Gasteiger charge is -2.08. The zero-order valence-electron chi connectivity index (χ0n) is 9.94. The standard InChI is InChI=1S/C9H14ClN3O3S2/c1-6(2)3-11-7(14)4-13-18(15,16)8-5-12-9(10)17-8/h5-6,13H,3-4H2,1-2H3,(H,11,14). The summed E-state index contributed by atoms with van der Waals surface area (Å²) in [5.41, 5.74) is 0. The minimum Gasteiger partial charge on any atom is -0.355 e. The van der Waals surface area contributed by atoms with Gasteiger partial charge in [0.2, 0.25) is 5.91 Å². The number of nitrogens with zero attached hydrogens (tertiary/aromatic N) is 1. The number of carbonyl (C=O) groups is 1. The molecule has 9 heteroatoms. The normalized spacial score (nSPS) is 11.8. The van der Waals surface area contributed by atoms with Crippen molar-refractivity contribution in [1.82, 2.24) is 15.0 Å². The van der Waals surface area contributed by atoms with Crippen LogP contribution in [-0.2, 0) is 14.8 Å². The molecule has 2 N–H and O–H groups in total. The van der Waals surface area contributed by atoms with Crippen LogP contribution in [-0.4, -0.2) is 32.4 Å². The van der Waals surface area contributed by atoms with Gasteiger partial charge in [0, 0.05) is 6.54 Å². The molecule has 0 fully saturated rings. The van der Waals surface area contributed by atoms with Gasteiger partial charge in [-0.15, -0.1) is 0 Å². The Balaban J connectivity index is 2.50. The zero-order valence-corrected chi connectivity index (χ0v) is 12.3. The molecule has 1 aromatic rings. The van der Waals surface area contributed by atoms with Gasteiger partial charge >= 0.3 is 0 Å². The molecule has 0 atom stereocenters. The summed E-state index contributed by atoms with van der Waals surface area (Å²) in [6.07, 6.45) is 1.15. The third-order valence-electron chi connectivity index (χ3n) is 1.85. The van der Waals surface area contributed by atoms with E-state index in [2.05, 4.69) is 15.0 Å². The van der Waals surface area contributed by atoms with E-state index in [1.54, 1.807) is 0 Å². The van der Waals surface area contributed by atoms with Crippen molar-refractivity contribution in [3.8, 4) is 0 Å². The summed E-state index contributed by atoms with van der Waals surface area (Å²) in [7, 11) is -3.71. The van der Waals surface area contributed by atoms with Crippen molar-refractivity contribution in [2.24, 2.45) is 5.92 Å². The third-order valence-corrected chi connectivity index (χ3v) is 4.83. The van der Waals surface area contributed by atoms with Crippen LogP contribution in [0.5, 0.6) is 0 Å². The predicted octanol–water partition coefficient (Wildman–Crippen LogP) is 0.847. The van der Waals surface area contributed by atoms with E-state index in [1.165, 1.54) is 0 Å². The first kappa shape index (κ1) is 15.4. The van der Waals surface area contributed by atoms with Crippen molar-refractivity contribution < 1.29 is 13.2 Å². The number of carbonyl (C=O) groups excluding carboxylic acids is 1. The molecule has 0 bridgehead atoms. The lowest BCUT2D eigenvalue weighted by Crippen LogP contribution is -2.38. The molecule has 1 heterocycles. The minimum atomic E-state index is -3.71. The summed E-state index contributed by atoms with van der Waals surface area (Å²) in [6, 6.07) is 0. The second kappa shape index (κ2) is 6.46. The molecule has 0 unspecified atom stereocenters. The van der Waals surface area contributed by atoms with Gasteiger partial charge in [-0.2, -0.15) is 0 Å². The third kappa shape index (κ3) is 4.89. The maximum absolute atomic E-state index is 11.7. The molecule has 0 spiro atoms. The van der Waals surface area contributed by atoms with Gasteiger partial charge in [-0.25, -0.2) is 18.1 Å². The van der Waals surface area contributed by atoms with Crippen LogP contribution in [0.2, 0.25) is 4.47 Å². The van der Waals surface area contributed by atoms with Gasteiger partial charge in [0.1, 0.15) is 0 Å². The molecule has 0 aliphatic rings. The quantitative estimate of drug-likeness (QED) is 0.815. The van der Waals surface area contributed by atoms with Crippen molar-refractivity contribution in [2.45, 2.75) is 18.1 Å². The maximum atomic E-state index is 11.7. The molecule has 0 aliphatic carbocycles. The number of hydrogen-bond acceptors (Lipinski definition) is 5. The van der Waals surface area contributed by atoms with E-state index in [0.29, 0.717) is 12.5 Å². The van der Waals surface area contributed by atoms with E-state index >= 15 is 0 Å². The minimum absolute atomic E-state index is 0.0100. The summed E-state index contributed by atoms with van der Waals surface area (Å²) >= 11 is 6.39. The Kier molecular flexibility index (Phi) is 5.51. The Hall–Kier alpha value is -0.700. The fourth-order valence-corrected chi connectivity index (χ4v) is 3.30. The molecular weight excluding hydrogens is 298 g/mol. The van der Waals surface area contributed by atoms with Gasteiger partial charge in [0.15, 0.2) is 8.68 Å². The van der Waals surface area contributed by atoms with E-state index in [0.717, 1.165) is 17.5 Å². The number of hydrogen-bond donors (Lipinski definition) is 2. The molecular formula is C9H14ClN3O3S2. The molecule has 102 valence electrons. The number of nitrogens with one attached hydrogen (secondary N) is 2. The second-order valence-corrected chi connectivity index (χ2v) is 7.56. The van der Waals surface area contributed by atoms with E-state index in [9.17, 15) is 13.2 Å². The van der Waals surface area contributed by atoms with Gasteiger partial charge in [-0.05, 0) is 5.92 Å². The van der Waals surface area contributed by atoms with Crippen LogP contribution in [0.3, 0.4) is 0 Å². The second-order valence-electron chi connectivity index (χ2n) is 3.95. The van der Waals surface area contributed by atoms with Gasteiger partial charge in [-0.1, -0.05) is 36.8 Å². The fraction of sp³-hybridized carbons (Fsp3) is 0.556. The molecule has 1 amide bonds.